The van der Waals surface area contributed by atoms with Crippen molar-refractivity contribution < 1.29 is 19.4 Å². The van der Waals surface area contributed by atoms with Crippen molar-refractivity contribution in [2.45, 2.75) is 43.9 Å². The van der Waals surface area contributed by atoms with Crippen LogP contribution in [-0.4, -0.2) is 17.9 Å². The maximum Gasteiger partial charge on any atom is 0.335 e. The number of rotatable bonds is 3. The third-order valence-electron chi connectivity index (χ3n) is 8.50. The molecule has 3 aromatic rings. The first-order valence-electron chi connectivity index (χ1n) is 11.8. The number of aromatic carboxylic acids is 1. The number of benzene rings is 3. The van der Waals surface area contributed by atoms with Gasteiger partial charge in [0, 0.05) is 5.56 Å². The Morgan fingerprint density at radius 3 is 2.22 bits per heavy atom. The molecular weight excluding hydrogens is 400 g/mol. The van der Waals surface area contributed by atoms with Crippen LogP contribution in [0.15, 0.2) is 48.5 Å². The minimum Gasteiger partial charge on any atom is -0.478 e. The van der Waals surface area contributed by atoms with Gasteiger partial charge in [-0.2, -0.15) is 0 Å². The van der Waals surface area contributed by atoms with Gasteiger partial charge in [-0.15, -0.1) is 0 Å². The Kier molecular flexibility index (Phi) is 3.77. The Hall–Kier alpha value is -3.01. The first kappa shape index (κ1) is 18.6. The van der Waals surface area contributed by atoms with Crippen molar-refractivity contribution in [2.24, 2.45) is 17.8 Å². The molecule has 0 saturated heterocycles. The Balaban J connectivity index is 1.35. The second-order valence-electron chi connectivity index (χ2n) is 10.5. The first-order valence-corrected chi connectivity index (χ1v) is 11.8. The minimum atomic E-state index is -0.896. The van der Waals surface area contributed by atoms with E-state index < -0.39 is 5.97 Å². The van der Waals surface area contributed by atoms with Gasteiger partial charge in [0.15, 0.2) is 11.5 Å². The van der Waals surface area contributed by atoms with Crippen molar-refractivity contribution in [1.29, 1.82) is 0 Å². The van der Waals surface area contributed by atoms with Crippen LogP contribution in [0, 0.1) is 17.8 Å². The van der Waals surface area contributed by atoms with Crippen LogP contribution in [0.3, 0.4) is 0 Å². The van der Waals surface area contributed by atoms with Gasteiger partial charge in [-0.05, 0) is 114 Å². The Morgan fingerprint density at radius 2 is 1.50 bits per heavy atom. The highest BCUT2D eigenvalue weighted by molar-refractivity contribution is 5.95. The lowest BCUT2D eigenvalue weighted by Crippen LogP contribution is -2.48. The molecule has 0 unspecified atom stereocenters. The van der Waals surface area contributed by atoms with Gasteiger partial charge in [0.05, 0.1) is 5.56 Å². The van der Waals surface area contributed by atoms with Crippen LogP contribution in [0.1, 0.15) is 54.4 Å². The standard InChI is InChI=1S/C28H26O4/c29-27(30)22-4-3-19-8-21(2-1-20(19)9-22)23-10-24(26-25(11-23)31-15-32-26)28-12-16-5-17(13-28)7-18(6-16)14-28/h1-4,8-11,16-18H,5-7,12-15H2,(H,29,30). The average molecular weight is 427 g/mol. The van der Waals surface area contributed by atoms with Gasteiger partial charge in [0.2, 0.25) is 6.79 Å². The quantitative estimate of drug-likeness (QED) is 0.526. The maximum absolute atomic E-state index is 11.3. The van der Waals surface area contributed by atoms with E-state index in [1.54, 1.807) is 12.1 Å². The second-order valence-corrected chi connectivity index (χ2v) is 10.5. The first-order chi connectivity index (χ1) is 15.6. The summed E-state index contributed by atoms with van der Waals surface area (Å²) in [6.07, 6.45) is 8.11. The van der Waals surface area contributed by atoms with Gasteiger partial charge in [-0.25, -0.2) is 4.79 Å². The van der Waals surface area contributed by atoms with Gasteiger partial charge < -0.3 is 14.6 Å². The third kappa shape index (κ3) is 2.71. The maximum atomic E-state index is 11.3. The van der Waals surface area contributed by atoms with Crippen molar-refractivity contribution in [3.63, 3.8) is 0 Å². The molecule has 5 aliphatic rings. The van der Waals surface area contributed by atoms with E-state index in [2.05, 4.69) is 24.3 Å². The summed E-state index contributed by atoms with van der Waals surface area (Å²) in [6, 6.07) is 16.1. The molecule has 1 aliphatic heterocycles. The lowest BCUT2D eigenvalue weighted by Gasteiger charge is -2.57. The van der Waals surface area contributed by atoms with E-state index in [9.17, 15) is 9.90 Å². The fraction of sp³-hybridized carbons (Fsp3) is 0.393. The molecule has 0 atom stereocenters. The highest BCUT2D eigenvalue weighted by Gasteiger charge is 2.53. The Morgan fingerprint density at radius 1 is 0.812 bits per heavy atom. The van der Waals surface area contributed by atoms with Crippen LogP contribution in [0.2, 0.25) is 0 Å². The van der Waals surface area contributed by atoms with Crippen LogP contribution in [-0.2, 0) is 5.41 Å². The molecule has 4 saturated carbocycles. The van der Waals surface area contributed by atoms with E-state index in [0.29, 0.717) is 12.4 Å². The summed E-state index contributed by atoms with van der Waals surface area (Å²) in [6.45, 7) is 0.299. The molecule has 8 rings (SSSR count). The second kappa shape index (κ2) is 6.50. The number of carboxylic acids is 1. The summed E-state index contributed by atoms with van der Waals surface area (Å²) in [5.41, 5.74) is 4.20. The fourth-order valence-electron chi connectivity index (χ4n) is 7.57. The molecule has 4 nitrogen and oxygen atoms in total. The van der Waals surface area contributed by atoms with E-state index in [1.807, 2.05) is 12.1 Å². The summed E-state index contributed by atoms with van der Waals surface area (Å²) >= 11 is 0. The minimum absolute atomic E-state index is 0.232. The van der Waals surface area contributed by atoms with Crippen molar-refractivity contribution in [1.82, 2.24) is 0 Å². The summed E-state index contributed by atoms with van der Waals surface area (Å²) in [7, 11) is 0. The number of ether oxygens (including phenoxy) is 2. The van der Waals surface area contributed by atoms with Crippen molar-refractivity contribution in [2.75, 3.05) is 6.79 Å². The Labute approximate surface area is 187 Å². The molecule has 0 spiro atoms. The zero-order valence-corrected chi connectivity index (χ0v) is 18.0. The number of hydrogen-bond donors (Lipinski definition) is 1. The number of carbonyl (C=O) groups is 1. The predicted octanol–water partition coefficient (Wildman–Crippen LogP) is 6.40. The molecule has 162 valence electrons. The SMILES string of the molecule is O=C(O)c1ccc2cc(-c3cc4c(c(C56CC7CC(CC(C7)C5)C6)c3)OCO4)ccc2c1. The van der Waals surface area contributed by atoms with Crippen LogP contribution in [0.25, 0.3) is 21.9 Å². The summed E-state index contributed by atoms with van der Waals surface area (Å²) < 4.78 is 11.9. The molecule has 0 radical (unpaired) electrons. The average Bonchev–Trinajstić information content (AvgIpc) is 3.25. The summed E-state index contributed by atoms with van der Waals surface area (Å²) in [5.74, 6) is 3.55. The lowest BCUT2D eigenvalue weighted by atomic mass is 9.48. The molecule has 4 aliphatic carbocycles. The topological polar surface area (TPSA) is 55.8 Å². The van der Waals surface area contributed by atoms with Crippen LogP contribution >= 0.6 is 0 Å². The number of hydrogen-bond acceptors (Lipinski definition) is 3. The highest BCUT2D eigenvalue weighted by Crippen LogP contribution is 2.63. The summed E-state index contributed by atoms with van der Waals surface area (Å²) in [4.78, 5) is 11.3. The highest BCUT2D eigenvalue weighted by atomic mass is 16.7. The zero-order chi connectivity index (χ0) is 21.4. The normalized spacial score (nSPS) is 29.6. The van der Waals surface area contributed by atoms with Gasteiger partial charge in [-0.1, -0.05) is 18.2 Å². The molecule has 4 bridgehead atoms. The molecule has 3 aromatic carbocycles. The van der Waals surface area contributed by atoms with Crippen LogP contribution in [0.4, 0.5) is 0 Å². The van der Waals surface area contributed by atoms with Crippen LogP contribution in [0.5, 0.6) is 11.5 Å². The molecule has 4 heteroatoms. The van der Waals surface area contributed by atoms with E-state index in [4.69, 9.17) is 9.47 Å². The van der Waals surface area contributed by atoms with E-state index >= 15 is 0 Å². The van der Waals surface area contributed by atoms with Crippen LogP contribution < -0.4 is 9.47 Å². The van der Waals surface area contributed by atoms with E-state index in [0.717, 1.165) is 51.2 Å². The van der Waals surface area contributed by atoms with E-state index in [1.165, 1.54) is 44.1 Å². The fourth-order valence-corrected chi connectivity index (χ4v) is 7.57. The zero-order valence-electron chi connectivity index (χ0n) is 18.0. The molecule has 0 aromatic heterocycles. The van der Waals surface area contributed by atoms with E-state index in [-0.39, 0.29) is 5.41 Å². The molecular formula is C28H26O4. The molecule has 1 heterocycles. The largest absolute Gasteiger partial charge is 0.478 e. The van der Waals surface area contributed by atoms with Crippen molar-refractivity contribution in [3.05, 3.63) is 59.7 Å². The molecule has 4 fully saturated rings. The lowest BCUT2D eigenvalue weighted by molar-refractivity contribution is -0.00626. The van der Waals surface area contributed by atoms with Gasteiger partial charge in [0.25, 0.3) is 0 Å². The van der Waals surface area contributed by atoms with Crippen molar-refractivity contribution in [3.8, 4) is 22.6 Å². The molecule has 1 N–H and O–H groups in total. The van der Waals surface area contributed by atoms with Gasteiger partial charge in [-0.3, -0.25) is 0 Å². The summed E-state index contributed by atoms with van der Waals surface area (Å²) in [5, 5.41) is 11.3. The van der Waals surface area contributed by atoms with Crippen molar-refractivity contribution >= 4 is 16.7 Å². The Bertz CT molecular complexity index is 1240. The van der Waals surface area contributed by atoms with Gasteiger partial charge in [0.1, 0.15) is 0 Å². The molecule has 0 amide bonds. The predicted molar refractivity (Wildman–Crippen MR) is 122 cm³/mol. The monoisotopic (exact) mass is 426 g/mol. The number of carboxylic acid groups (broad SMARTS) is 1. The smallest absolute Gasteiger partial charge is 0.335 e. The van der Waals surface area contributed by atoms with Gasteiger partial charge >= 0.3 is 5.97 Å². The molecule has 32 heavy (non-hydrogen) atoms. The number of fused-ring (bicyclic) bond motifs is 2. The third-order valence-corrected chi connectivity index (χ3v) is 8.50.